The molecule has 0 N–H and O–H groups in total. The Morgan fingerprint density at radius 3 is 2.50 bits per heavy atom. The monoisotopic (exact) mass is 350 g/mol. The number of piperidine rings is 1. The molecular formula is C23H27FN2. The Morgan fingerprint density at radius 1 is 1.00 bits per heavy atom. The van der Waals surface area contributed by atoms with Crippen LogP contribution in [0.4, 0.5) is 4.39 Å². The van der Waals surface area contributed by atoms with Gasteiger partial charge in [-0.3, -0.25) is 0 Å². The third-order valence-electron chi connectivity index (χ3n) is 5.72. The van der Waals surface area contributed by atoms with Gasteiger partial charge in [-0.2, -0.15) is 0 Å². The van der Waals surface area contributed by atoms with Crippen LogP contribution in [0.15, 0.2) is 54.6 Å². The van der Waals surface area contributed by atoms with Crippen LogP contribution in [-0.4, -0.2) is 29.1 Å². The van der Waals surface area contributed by atoms with Gasteiger partial charge in [-0.15, -0.1) is 0 Å². The van der Waals surface area contributed by atoms with Crippen LogP contribution >= 0.6 is 0 Å². The summed E-state index contributed by atoms with van der Waals surface area (Å²) in [5, 5.41) is 1.04. The molecule has 1 aliphatic rings. The van der Waals surface area contributed by atoms with Gasteiger partial charge in [0.05, 0.1) is 0 Å². The first-order valence-corrected chi connectivity index (χ1v) is 9.80. The number of rotatable bonds is 5. The molecule has 1 fully saturated rings. The van der Waals surface area contributed by atoms with Gasteiger partial charge in [0.2, 0.25) is 0 Å². The first-order chi connectivity index (χ1) is 12.7. The Balaban J connectivity index is 1.44. The van der Waals surface area contributed by atoms with E-state index in [-0.39, 0.29) is 5.82 Å². The van der Waals surface area contributed by atoms with Crippen molar-refractivity contribution in [2.24, 2.45) is 0 Å². The zero-order valence-electron chi connectivity index (χ0n) is 15.5. The van der Waals surface area contributed by atoms with Crippen molar-refractivity contribution in [3.8, 4) is 0 Å². The third-order valence-corrected chi connectivity index (χ3v) is 5.72. The highest BCUT2D eigenvalue weighted by Crippen LogP contribution is 2.31. The quantitative estimate of drug-likeness (QED) is 0.612. The van der Waals surface area contributed by atoms with E-state index in [0.29, 0.717) is 6.04 Å². The molecule has 1 aliphatic heterocycles. The van der Waals surface area contributed by atoms with E-state index < -0.39 is 0 Å². The minimum atomic E-state index is -0.145. The van der Waals surface area contributed by atoms with Gasteiger partial charge < -0.3 is 9.47 Å². The van der Waals surface area contributed by atoms with E-state index >= 15 is 0 Å². The van der Waals surface area contributed by atoms with Gasteiger partial charge in [-0.05, 0) is 55.5 Å². The zero-order valence-corrected chi connectivity index (χ0v) is 15.5. The van der Waals surface area contributed by atoms with Crippen LogP contribution in [0.1, 0.15) is 37.1 Å². The van der Waals surface area contributed by atoms with Gasteiger partial charge in [0.25, 0.3) is 0 Å². The molecule has 4 rings (SSSR count). The van der Waals surface area contributed by atoms with Crippen molar-refractivity contribution < 1.29 is 4.39 Å². The van der Waals surface area contributed by atoms with Crippen molar-refractivity contribution >= 4 is 10.9 Å². The van der Waals surface area contributed by atoms with Gasteiger partial charge in [-0.25, -0.2) is 4.39 Å². The second-order valence-corrected chi connectivity index (χ2v) is 7.37. The molecule has 136 valence electrons. The number of aryl methyl sites for hydroxylation is 1. The summed E-state index contributed by atoms with van der Waals surface area (Å²) in [4.78, 5) is 2.58. The van der Waals surface area contributed by atoms with Crippen molar-refractivity contribution in [2.45, 2.75) is 38.6 Å². The number of hydrogen-bond donors (Lipinski definition) is 0. The highest BCUT2D eigenvalue weighted by Gasteiger charge is 2.23. The summed E-state index contributed by atoms with van der Waals surface area (Å²) in [6, 6.07) is 18.6. The van der Waals surface area contributed by atoms with E-state index in [9.17, 15) is 4.39 Å². The molecule has 26 heavy (non-hydrogen) atoms. The van der Waals surface area contributed by atoms with E-state index in [2.05, 4.69) is 52.8 Å². The summed E-state index contributed by atoms with van der Waals surface area (Å²) in [5.74, 6) is -0.145. The van der Waals surface area contributed by atoms with Crippen LogP contribution in [0.25, 0.3) is 10.9 Å². The largest absolute Gasteiger partial charge is 0.341 e. The van der Waals surface area contributed by atoms with E-state index in [1.165, 1.54) is 29.6 Å². The van der Waals surface area contributed by atoms with Gasteiger partial charge in [0, 0.05) is 42.3 Å². The lowest BCUT2D eigenvalue weighted by molar-refractivity contribution is 0.189. The average Bonchev–Trinajstić information content (AvgIpc) is 3.05. The molecule has 2 nitrogen and oxygen atoms in total. The number of nitrogens with zero attached hydrogens (tertiary/aromatic N) is 2. The van der Waals surface area contributed by atoms with Crippen molar-refractivity contribution in [1.82, 2.24) is 9.47 Å². The first kappa shape index (κ1) is 17.3. The minimum absolute atomic E-state index is 0.145. The van der Waals surface area contributed by atoms with Crippen molar-refractivity contribution in [3.63, 3.8) is 0 Å². The molecule has 0 radical (unpaired) electrons. The maximum atomic E-state index is 13.6. The lowest BCUT2D eigenvalue weighted by atomic mass is 10.0. The summed E-state index contributed by atoms with van der Waals surface area (Å²) in [7, 11) is 0. The Kier molecular flexibility index (Phi) is 5.07. The predicted molar refractivity (Wildman–Crippen MR) is 106 cm³/mol. The second-order valence-electron chi connectivity index (χ2n) is 7.37. The fourth-order valence-corrected chi connectivity index (χ4v) is 4.30. The van der Waals surface area contributed by atoms with E-state index in [1.807, 2.05) is 6.07 Å². The summed E-state index contributed by atoms with van der Waals surface area (Å²) in [5.41, 5.74) is 3.93. The molecule has 3 heteroatoms. The Morgan fingerprint density at radius 2 is 1.77 bits per heavy atom. The molecule has 1 aromatic heterocycles. The molecule has 0 spiro atoms. The van der Waals surface area contributed by atoms with Crippen LogP contribution in [0.5, 0.6) is 0 Å². The highest BCUT2D eigenvalue weighted by atomic mass is 19.1. The van der Waals surface area contributed by atoms with Crippen molar-refractivity contribution in [2.75, 3.05) is 19.6 Å². The van der Waals surface area contributed by atoms with E-state index in [4.69, 9.17) is 0 Å². The van der Waals surface area contributed by atoms with Crippen LogP contribution < -0.4 is 0 Å². The maximum absolute atomic E-state index is 13.6. The predicted octanol–water partition coefficient (Wildman–Crippen LogP) is 5.22. The smallest absolute Gasteiger partial charge is 0.123 e. The Labute approximate surface area is 155 Å². The molecule has 3 aromatic rings. The molecule has 2 aromatic carbocycles. The van der Waals surface area contributed by atoms with Gasteiger partial charge in [0.15, 0.2) is 0 Å². The van der Waals surface area contributed by atoms with Gasteiger partial charge in [0.1, 0.15) is 5.82 Å². The summed E-state index contributed by atoms with van der Waals surface area (Å²) in [6.45, 7) is 5.61. The van der Waals surface area contributed by atoms with E-state index in [1.54, 1.807) is 12.1 Å². The number of likely N-dealkylation sites (tertiary alicyclic amines) is 1. The fourth-order valence-electron chi connectivity index (χ4n) is 4.30. The van der Waals surface area contributed by atoms with Gasteiger partial charge in [-0.1, -0.05) is 37.3 Å². The number of halogens is 1. The summed E-state index contributed by atoms with van der Waals surface area (Å²) < 4.78 is 16.1. The third kappa shape index (κ3) is 3.54. The number of aromatic nitrogens is 1. The average molecular weight is 350 g/mol. The molecule has 0 atom stereocenters. The molecule has 1 saturated heterocycles. The fraction of sp³-hybridized carbons (Fsp3) is 0.391. The lowest BCUT2D eigenvalue weighted by Gasteiger charge is -2.34. The topological polar surface area (TPSA) is 8.17 Å². The highest BCUT2D eigenvalue weighted by molar-refractivity contribution is 5.81. The number of hydrogen-bond acceptors (Lipinski definition) is 1. The molecule has 0 aliphatic carbocycles. The number of benzene rings is 2. The van der Waals surface area contributed by atoms with E-state index in [0.717, 1.165) is 37.9 Å². The molecule has 2 heterocycles. The normalized spacial score (nSPS) is 16.4. The van der Waals surface area contributed by atoms with Gasteiger partial charge >= 0.3 is 0 Å². The standard InChI is InChI=1S/C23H27FN2/c1-2-21-17-19-16-20(24)8-9-23(19)26(21)22-11-14-25(15-12-22)13-10-18-6-4-3-5-7-18/h3-9,16-17,22H,2,10-15H2,1H3. The van der Waals surface area contributed by atoms with Crippen molar-refractivity contribution in [3.05, 3.63) is 71.7 Å². The van der Waals surface area contributed by atoms with Crippen LogP contribution in [0.3, 0.4) is 0 Å². The number of fused-ring (bicyclic) bond motifs is 1. The Hall–Kier alpha value is -2.13. The lowest BCUT2D eigenvalue weighted by Crippen LogP contribution is -2.36. The Bertz CT molecular complexity index is 861. The molecular weight excluding hydrogens is 323 g/mol. The van der Waals surface area contributed by atoms with Crippen LogP contribution in [-0.2, 0) is 12.8 Å². The maximum Gasteiger partial charge on any atom is 0.123 e. The SMILES string of the molecule is CCc1cc2cc(F)ccc2n1C1CCN(CCc2ccccc2)CC1. The van der Waals surface area contributed by atoms with Crippen LogP contribution in [0.2, 0.25) is 0 Å². The second kappa shape index (κ2) is 7.63. The zero-order chi connectivity index (χ0) is 17.9. The first-order valence-electron chi connectivity index (χ1n) is 9.80. The molecule has 0 bridgehead atoms. The molecule has 0 amide bonds. The van der Waals surface area contributed by atoms with Crippen molar-refractivity contribution in [1.29, 1.82) is 0 Å². The summed E-state index contributed by atoms with van der Waals surface area (Å²) >= 11 is 0. The molecule has 0 saturated carbocycles. The minimum Gasteiger partial charge on any atom is -0.341 e. The summed E-state index contributed by atoms with van der Waals surface area (Å²) in [6.07, 6.45) is 4.45. The molecule has 0 unspecified atom stereocenters. The van der Waals surface area contributed by atoms with Crippen LogP contribution in [0, 0.1) is 5.82 Å².